The fourth-order valence-corrected chi connectivity index (χ4v) is 5.28. The maximum Gasteiger partial charge on any atom is 0.226 e. The molecule has 0 saturated carbocycles. The molecular weight excluding hydrogens is 413 g/mol. The van der Waals surface area contributed by atoms with Gasteiger partial charge in [-0.3, -0.25) is 14.7 Å². The molecule has 5 rings (SSSR count). The number of benzene rings is 2. The zero-order valence-electron chi connectivity index (χ0n) is 18.9. The molecule has 0 N–H and O–H groups in total. The summed E-state index contributed by atoms with van der Waals surface area (Å²) in [5, 5.41) is 1.22. The predicted molar refractivity (Wildman–Crippen MR) is 129 cm³/mol. The van der Waals surface area contributed by atoms with Gasteiger partial charge in [-0.1, -0.05) is 42.5 Å². The van der Waals surface area contributed by atoms with Crippen LogP contribution in [0.1, 0.15) is 30.4 Å². The van der Waals surface area contributed by atoms with Crippen LogP contribution >= 0.6 is 0 Å². The number of aromatic nitrogens is 1. The molecule has 0 spiro atoms. The van der Waals surface area contributed by atoms with Crippen molar-refractivity contribution >= 4 is 16.8 Å². The number of hydrogen-bond donors (Lipinski definition) is 0. The Kier molecular flexibility index (Phi) is 6.49. The molecule has 33 heavy (non-hydrogen) atoms. The zero-order valence-corrected chi connectivity index (χ0v) is 18.9. The molecule has 2 aromatic carbocycles. The maximum atomic E-state index is 13.4. The van der Waals surface area contributed by atoms with Crippen LogP contribution < -0.4 is 0 Å². The molecule has 5 heteroatoms. The number of rotatable bonds is 5. The fraction of sp³-hybridized carbons (Fsp3) is 0.357. The van der Waals surface area contributed by atoms with Crippen LogP contribution in [-0.4, -0.2) is 40.3 Å². The molecule has 0 unspecified atom stereocenters. The van der Waals surface area contributed by atoms with Gasteiger partial charge in [0.05, 0.1) is 5.52 Å². The highest BCUT2D eigenvalue weighted by Crippen LogP contribution is 2.32. The van der Waals surface area contributed by atoms with E-state index in [4.69, 9.17) is 0 Å². The lowest BCUT2D eigenvalue weighted by Gasteiger charge is -2.36. The molecule has 1 atom stereocenters. The van der Waals surface area contributed by atoms with Crippen molar-refractivity contribution in [1.82, 2.24) is 14.8 Å². The monoisotopic (exact) mass is 443 g/mol. The first kappa shape index (κ1) is 21.8. The van der Waals surface area contributed by atoms with Gasteiger partial charge in [-0.25, -0.2) is 4.39 Å². The van der Waals surface area contributed by atoms with Crippen LogP contribution in [0.3, 0.4) is 0 Å². The number of piperidine rings is 1. The van der Waals surface area contributed by atoms with E-state index in [-0.39, 0.29) is 17.6 Å². The van der Waals surface area contributed by atoms with Crippen LogP contribution in [0.4, 0.5) is 4.39 Å². The number of halogens is 1. The third-order valence-electron chi connectivity index (χ3n) is 7.13. The first-order chi connectivity index (χ1) is 16.2. The van der Waals surface area contributed by atoms with E-state index in [2.05, 4.69) is 46.3 Å². The minimum absolute atomic E-state index is 0.0353. The molecule has 2 aliphatic heterocycles. The van der Waals surface area contributed by atoms with Crippen molar-refractivity contribution in [2.75, 3.05) is 19.6 Å². The Labute approximate surface area is 194 Å². The summed E-state index contributed by atoms with van der Waals surface area (Å²) in [6.07, 6.45) is 9.01. The molecule has 0 aliphatic carbocycles. The van der Waals surface area contributed by atoms with Gasteiger partial charge in [-0.15, -0.1) is 0 Å². The Bertz CT molecular complexity index is 1130. The van der Waals surface area contributed by atoms with Crippen molar-refractivity contribution in [2.45, 2.75) is 32.4 Å². The maximum absolute atomic E-state index is 13.4. The second-order valence-corrected chi connectivity index (χ2v) is 9.26. The molecule has 0 bridgehead atoms. The summed E-state index contributed by atoms with van der Waals surface area (Å²) in [7, 11) is 0. The van der Waals surface area contributed by atoms with Crippen molar-refractivity contribution in [3.05, 3.63) is 89.9 Å². The Morgan fingerprint density at radius 3 is 2.58 bits per heavy atom. The van der Waals surface area contributed by atoms with Crippen molar-refractivity contribution < 1.29 is 9.18 Å². The smallest absolute Gasteiger partial charge is 0.226 e. The van der Waals surface area contributed by atoms with E-state index < -0.39 is 0 Å². The van der Waals surface area contributed by atoms with Gasteiger partial charge in [0, 0.05) is 37.1 Å². The lowest BCUT2D eigenvalue weighted by molar-refractivity contribution is -0.137. The second kappa shape index (κ2) is 9.84. The number of allylic oxidation sites excluding steroid dienone is 1. The van der Waals surface area contributed by atoms with Crippen LogP contribution in [0, 0.1) is 17.7 Å². The van der Waals surface area contributed by atoms with Crippen LogP contribution in [0.5, 0.6) is 0 Å². The average molecular weight is 444 g/mol. The van der Waals surface area contributed by atoms with Gasteiger partial charge in [-0.05, 0) is 73.7 Å². The molecule has 1 fully saturated rings. The SMILES string of the molecule is O=C1[C@@H](C2CCN(Cc3cccc4ncccc34)CC2)CC=CCN1Cc1ccc(F)cc1. The third-order valence-corrected chi connectivity index (χ3v) is 7.13. The summed E-state index contributed by atoms with van der Waals surface area (Å²) in [6.45, 7) is 4.10. The predicted octanol–water partition coefficient (Wildman–Crippen LogP) is 5.19. The number of carbonyl (C=O) groups is 1. The Hall–Kier alpha value is -3.05. The van der Waals surface area contributed by atoms with E-state index in [1.807, 2.05) is 17.2 Å². The lowest BCUT2D eigenvalue weighted by atomic mass is 9.81. The molecule has 2 aliphatic rings. The Morgan fingerprint density at radius 2 is 1.76 bits per heavy atom. The van der Waals surface area contributed by atoms with Crippen LogP contribution in [0.2, 0.25) is 0 Å². The number of carbonyl (C=O) groups excluding carboxylic acids is 1. The zero-order chi connectivity index (χ0) is 22.6. The van der Waals surface area contributed by atoms with E-state index in [9.17, 15) is 9.18 Å². The first-order valence-electron chi connectivity index (χ1n) is 11.9. The summed E-state index contributed by atoms with van der Waals surface area (Å²) >= 11 is 0. The molecule has 3 aromatic rings. The summed E-state index contributed by atoms with van der Waals surface area (Å²) in [4.78, 5) is 22.3. The van der Waals surface area contributed by atoms with Gasteiger partial charge in [0.1, 0.15) is 5.82 Å². The topological polar surface area (TPSA) is 36.4 Å². The van der Waals surface area contributed by atoms with Gasteiger partial charge >= 0.3 is 0 Å². The first-order valence-corrected chi connectivity index (χ1v) is 11.9. The van der Waals surface area contributed by atoms with Crippen LogP contribution in [-0.2, 0) is 17.9 Å². The fourth-order valence-electron chi connectivity index (χ4n) is 5.28. The Morgan fingerprint density at radius 1 is 0.939 bits per heavy atom. The normalized spacial score (nSPS) is 20.3. The molecule has 1 saturated heterocycles. The van der Waals surface area contributed by atoms with Crippen LogP contribution in [0.15, 0.2) is 72.9 Å². The standard InChI is InChI=1S/C28H30FN3O/c29-24-11-9-21(10-12-24)19-32-16-2-1-6-26(28(32)33)22-13-17-31(18-14-22)20-23-5-3-8-27-25(23)7-4-15-30-27/h1-5,7-12,15,22,26H,6,13-14,16-20H2/t26-/m1/s1. The molecule has 1 aromatic heterocycles. The van der Waals surface area contributed by atoms with Crippen molar-refractivity contribution in [2.24, 2.45) is 11.8 Å². The molecule has 170 valence electrons. The summed E-state index contributed by atoms with van der Waals surface area (Å²) < 4.78 is 13.3. The van der Waals surface area contributed by atoms with Gasteiger partial charge in [-0.2, -0.15) is 0 Å². The van der Waals surface area contributed by atoms with Gasteiger partial charge in [0.15, 0.2) is 0 Å². The highest BCUT2D eigenvalue weighted by atomic mass is 19.1. The quantitative estimate of drug-likeness (QED) is 0.509. The average Bonchev–Trinajstić information content (AvgIpc) is 3.03. The Balaban J connectivity index is 1.22. The van der Waals surface area contributed by atoms with Crippen molar-refractivity contribution in [3.63, 3.8) is 0 Å². The van der Waals surface area contributed by atoms with E-state index in [0.717, 1.165) is 50.0 Å². The summed E-state index contributed by atoms with van der Waals surface area (Å²) in [6, 6.07) is 17.0. The summed E-state index contributed by atoms with van der Waals surface area (Å²) in [5.41, 5.74) is 3.33. The number of hydrogen-bond acceptors (Lipinski definition) is 3. The molecule has 4 nitrogen and oxygen atoms in total. The van der Waals surface area contributed by atoms with E-state index in [1.165, 1.54) is 23.1 Å². The second-order valence-electron chi connectivity index (χ2n) is 9.26. The van der Waals surface area contributed by atoms with Gasteiger partial charge in [0.2, 0.25) is 5.91 Å². The number of likely N-dealkylation sites (tertiary alicyclic amines) is 1. The molecule has 0 radical (unpaired) electrons. The highest BCUT2D eigenvalue weighted by Gasteiger charge is 2.34. The van der Waals surface area contributed by atoms with E-state index in [1.54, 1.807) is 12.1 Å². The van der Waals surface area contributed by atoms with Gasteiger partial charge in [0.25, 0.3) is 0 Å². The molecule has 1 amide bonds. The van der Waals surface area contributed by atoms with Crippen molar-refractivity contribution in [1.29, 1.82) is 0 Å². The number of fused-ring (bicyclic) bond motifs is 1. The largest absolute Gasteiger partial charge is 0.334 e. The van der Waals surface area contributed by atoms with Crippen molar-refractivity contribution in [3.8, 4) is 0 Å². The van der Waals surface area contributed by atoms with E-state index >= 15 is 0 Å². The minimum atomic E-state index is -0.245. The van der Waals surface area contributed by atoms with E-state index in [0.29, 0.717) is 19.0 Å². The minimum Gasteiger partial charge on any atom is -0.334 e. The number of nitrogens with zero attached hydrogens (tertiary/aromatic N) is 3. The third kappa shape index (κ3) is 4.98. The summed E-state index contributed by atoms with van der Waals surface area (Å²) in [5.74, 6) is 0.433. The van der Waals surface area contributed by atoms with Crippen LogP contribution in [0.25, 0.3) is 10.9 Å². The highest BCUT2D eigenvalue weighted by molar-refractivity contribution is 5.82. The number of pyridine rings is 1. The van der Waals surface area contributed by atoms with Gasteiger partial charge < -0.3 is 4.90 Å². The number of amides is 1. The lowest BCUT2D eigenvalue weighted by Crippen LogP contribution is -2.42. The molecule has 3 heterocycles. The molecular formula is C28H30FN3O.